The molecule has 1 atom stereocenters. The standard InChI is InChI=1S/C27H25N3O3S/c1-32-20-11-7-18(8-12-20)24-15-25(19-9-13-21(33-2)14-10-19)30(29-24)27(31)17-34-26-16-28-23-6-4-3-5-22(23)26/h3-14,16,25,28H,15,17H2,1-2H3. The van der Waals surface area contributed by atoms with Crippen molar-refractivity contribution >= 4 is 34.3 Å². The molecule has 0 radical (unpaired) electrons. The number of hydrogen-bond donors (Lipinski definition) is 1. The molecule has 0 fully saturated rings. The quantitative estimate of drug-likeness (QED) is 0.354. The minimum atomic E-state index is -0.168. The van der Waals surface area contributed by atoms with E-state index in [-0.39, 0.29) is 11.9 Å². The molecular weight excluding hydrogens is 446 g/mol. The van der Waals surface area contributed by atoms with Gasteiger partial charge in [-0.3, -0.25) is 4.79 Å². The average molecular weight is 472 g/mol. The molecule has 34 heavy (non-hydrogen) atoms. The van der Waals surface area contributed by atoms with Crippen molar-refractivity contribution in [3.63, 3.8) is 0 Å². The predicted molar refractivity (Wildman–Crippen MR) is 136 cm³/mol. The number of fused-ring (bicyclic) bond motifs is 1. The number of methoxy groups -OCH3 is 2. The number of nitrogens with zero attached hydrogens (tertiary/aromatic N) is 2. The molecule has 0 bridgehead atoms. The van der Waals surface area contributed by atoms with Crippen LogP contribution in [0, 0.1) is 0 Å². The molecule has 1 unspecified atom stereocenters. The third kappa shape index (κ3) is 4.39. The number of rotatable bonds is 7. The van der Waals surface area contributed by atoms with E-state index in [0.29, 0.717) is 12.2 Å². The molecular formula is C27H25N3O3S. The van der Waals surface area contributed by atoms with Crippen LogP contribution in [0.3, 0.4) is 0 Å². The lowest BCUT2D eigenvalue weighted by Crippen LogP contribution is -2.28. The first-order chi connectivity index (χ1) is 16.7. The van der Waals surface area contributed by atoms with Gasteiger partial charge < -0.3 is 14.5 Å². The summed E-state index contributed by atoms with van der Waals surface area (Å²) in [6.45, 7) is 0. The van der Waals surface area contributed by atoms with E-state index in [2.05, 4.69) is 11.1 Å². The monoisotopic (exact) mass is 471 g/mol. The van der Waals surface area contributed by atoms with Crippen molar-refractivity contribution in [2.24, 2.45) is 5.10 Å². The van der Waals surface area contributed by atoms with Gasteiger partial charge in [0.25, 0.3) is 5.91 Å². The van der Waals surface area contributed by atoms with E-state index in [1.165, 1.54) is 11.8 Å². The molecule has 2 heterocycles. The summed E-state index contributed by atoms with van der Waals surface area (Å²) in [6, 6.07) is 23.6. The Balaban J connectivity index is 1.40. The van der Waals surface area contributed by atoms with Crippen LogP contribution in [0.15, 0.2) is 89.0 Å². The van der Waals surface area contributed by atoms with Crippen molar-refractivity contribution in [3.8, 4) is 11.5 Å². The van der Waals surface area contributed by atoms with Crippen molar-refractivity contribution in [1.82, 2.24) is 9.99 Å². The SMILES string of the molecule is COc1ccc(C2=NN(C(=O)CSc3c[nH]c4ccccc34)C(c3ccc(OC)cc3)C2)cc1. The molecule has 0 saturated heterocycles. The number of amides is 1. The Hall–Kier alpha value is -3.71. The van der Waals surface area contributed by atoms with Gasteiger partial charge in [-0.2, -0.15) is 5.10 Å². The van der Waals surface area contributed by atoms with Gasteiger partial charge in [0.1, 0.15) is 11.5 Å². The minimum absolute atomic E-state index is 0.0281. The first-order valence-corrected chi connectivity index (χ1v) is 12.0. The topological polar surface area (TPSA) is 66.9 Å². The first-order valence-electron chi connectivity index (χ1n) is 11.0. The Bertz CT molecular complexity index is 1330. The van der Waals surface area contributed by atoms with Gasteiger partial charge in [-0.05, 0) is 53.6 Å². The van der Waals surface area contributed by atoms with Gasteiger partial charge in [0.15, 0.2) is 0 Å². The van der Waals surface area contributed by atoms with Crippen LogP contribution in [0.1, 0.15) is 23.6 Å². The number of benzene rings is 3. The Morgan fingerprint density at radius 1 is 1.00 bits per heavy atom. The summed E-state index contributed by atoms with van der Waals surface area (Å²) in [6.07, 6.45) is 2.60. The number of carbonyl (C=O) groups excluding carboxylic acids is 1. The zero-order valence-electron chi connectivity index (χ0n) is 19.0. The van der Waals surface area contributed by atoms with Crippen LogP contribution in [0.25, 0.3) is 10.9 Å². The Morgan fingerprint density at radius 2 is 1.68 bits per heavy atom. The highest BCUT2D eigenvalue weighted by Gasteiger charge is 2.33. The Kier molecular flexibility index (Phi) is 6.27. The van der Waals surface area contributed by atoms with E-state index in [1.54, 1.807) is 19.2 Å². The van der Waals surface area contributed by atoms with Gasteiger partial charge in [-0.25, -0.2) is 5.01 Å². The average Bonchev–Trinajstić information content (AvgIpc) is 3.52. The number of thioether (sulfide) groups is 1. The number of aromatic amines is 1. The van der Waals surface area contributed by atoms with Crippen molar-refractivity contribution in [3.05, 3.63) is 90.1 Å². The second-order valence-corrected chi connectivity index (χ2v) is 9.01. The molecule has 1 aliphatic rings. The van der Waals surface area contributed by atoms with E-state index in [4.69, 9.17) is 14.6 Å². The van der Waals surface area contributed by atoms with Crippen LogP contribution in [-0.4, -0.2) is 41.6 Å². The molecule has 7 heteroatoms. The summed E-state index contributed by atoms with van der Waals surface area (Å²) in [5.74, 6) is 1.84. The molecule has 1 N–H and O–H groups in total. The molecule has 6 nitrogen and oxygen atoms in total. The van der Waals surface area contributed by atoms with Crippen LogP contribution in [0.4, 0.5) is 0 Å². The zero-order valence-corrected chi connectivity index (χ0v) is 19.8. The molecule has 1 aliphatic heterocycles. The van der Waals surface area contributed by atoms with Gasteiger partial charge in [0.05, 0.1) is 31.7 Å². The van der Waals surface area contributed by atoms with Crippen LogP contribution in [0.5, 0.6) is 11.5 Å². The fourth-order valence-corrected chi connectivity index (χ4v) is 5.04. The molecule has 0 spiro atoms. The second-order valence-electron chi connectivity index (χ2n) is 7.99. The normalized spacial score (nSPS) is 15.4. The molecule has 0 saturated carbocycles. The van der Waals surface area contributed by atoms with Gasteiger partial charge in [0.2, 0.25) is 0 Å². The van der Waals surface area contributed by atoms with Crippen LogP contribution >= 0.6 is 11.8 Å². The zero-order chi connectivity index (χ0) is 23.5. The maximum Gasteiger partial charge on any atom is 0.253 e. The molecule has 5 rings (SSSR count). The molecule has 0 aliphatic carbocycles. The molecule has 4 aromatic rings. The van der Waals surface area contributed by atoms with Gasteiger partial charge in [-0.15, -0.1) is 11.8 Å². The summed E-state index contributed by atoms with van der Waals surface area (Å²) < 4.78 is 10.6. The molecule has 1 amide bonds. The number of nitrogens with one attached hydrogen (secondary N) is 1. The minimum Gasteiger partial charge on any atom is -0.497 e. The molecule has 1 aromatic heterocycles. The van der Waals surface area contributed by atoms with E-state index < -0.39 is 0 Å². The van der Waals surface area contributed by atoms with Gasteiger partial charge in [0, 0.05) is 28.4 Å². The lowest BCUT2D eigenvalue weighted by Gasteiger charge is -2.22. The summed E-state index contributed by atoms with van der Waals surface area (Å²) in [7, 11) is 3.29. The van der Waals surface area contributed by atoms with Crippen LogP contribution in [-0.2, 0) is 4.79 Å². The largest absolute Gasteiger partial charge is 0.497 e. The van der Waals surface area contributed by atoms with E-state index in [1.807, 2.05) is 72.9 Å². The summed E-state index contributed by atoms with van der Waals surface area (Å²) in [5.41, 5.74) is 3.96. The van der Waals surface area contributed by atoms with Gasteiger partial charge >= 0.3 is 0 Å². The summed E-state index contributed by atoms with van der Waals surface area (Å²) in [4.78, 5) is 17.7. The summed E-state index contributed by atoms with van der Waals surface area (Å²) in [5, 5.41) is 7.55. The first kappa shape index (κ1) is 22.1. The fourth-order valence-electron chi connectivity index (χ4n) is 4.15. The van der Waals surface area contributed by atoms with E-state index >= 15 is 0 Å². The second kappa shape index (κ2) is 9.65. The van der Waals surface area contributed by atoms with E-state index in [0.717, 1.165) is 44.1 Å². The number of carbonyl (C=O) groups is 1. The third-order valence-corrected chi connectivity index (χ3v) is 7.03. The fraction of sp³-hybridized carbons (Fsp3) is 0.185. The Morgan fingerprint density at radius 3 is 2.38 bits per heavy atom. The number of ether oxygens (including phenoxy) is 2. The highest BCUT2D eigenvalue weighted by molar-refractivity contribution is 8.00. The number of hydrogen-bond acceptors (Lipinski definition) is 5. The van der Waals surface area contributed by atoms with Crippen LogP contribution in [0.2, 0.25) is 0 Å². The Labute approximate surface area is 202 Å². The molecule has 172 valence electrons. The maximum atomic E-state index is 13.4. The van der Waals surface area contributed by atoms with Crippen LogP contribution < -0.4 is 9.47 Å². The molecule has 3 aromatic carbocycles. The lowest BCUT2D eigenvalue weighted by atomic mass is 9.98. The van der Waals surface area contributed by atoms with Crippen molar-refractivity contribution in [2.75, 3.05) is 20.0 Å². The smallest absolute Gasteiger partial charge is 0.253 e. The number of para-hydroxylation sites is 1. The lowest BCUT2D eigenvalue weighted by molar-refractivity contribution is -0.130. The van der Waals surface area contributed by atoms with Crippen molar-refractivity contribution in [1.29, 1.82) is 0 Å². The number of H-pyrrole nitrogens is 1. The number of aromatic nitrogens is 1. The van der Waals surface area contributed by atoms with Crippen molar-refractivity contribution < 1.29 is 14.3 Å². The third-order valence-electron chi connectivity index (χ3n) is 5.99. The highest BCUT2D eigenvalue weighted by Crippen LogP contribution is 2.35. The van der Waals surface area contributed by atoms with Crippen molar-refractivity contribution in [2.45, 2.75) is 17.4 Å². The summed E-state index contributed by atoms with van der Waals surface area (Å²) >= 11 is 1.53. The highest BCUT2D eigenvalue weighted by atomic mass is 32.2. The maximum absolute atomic E-state index is 13.4. The van der Waals surface area contributed by atoms with E-state index in [9.17, 15) is 4.79 Å². The number of hydrazone groups is 1. The predicted octanol–water partition coefficient (Wildman–Crippen LogP) is 5.66. The van der Waals surface area contributed by atoms with Gasteiger partial charge in [-0.1, -0.05) is 30.3 Å².